The number of fused-ring (bicyclic) bond motifs is 1. The topological polar surface area (TPSA) is 61.9 Å². The van der Waals surface area contributed by atoms with Gasteiger partial charge in [-0.2, -0.15) is 0 Å². The summed E-state index contributed by atoms with van der Waals surface area (Å²) >= 11 is 0. The molecule has 0 bridgehead atoms. The van der Waals surface area contributed by atoms with Gasteiger partial charge in [0.05, 0.1) is 6.61 Å². The van der Waals surface area contributed by atoms with Crippen LogP contribution in [0.25, 0.3) is 10.8 Å². The Morgan fingerprint density at radius 2 is 1.83 bits per heavy atom. The van der Waals surface area contributed by atoms with Crippen LogP contribution in [0.1, 0.15) is 26.7 Å². The zero-order valence-corrected chi connectivity index (χ0v) is 17.4. The van der Waals surface area contributed by atoms with Crippen molar-refractivity contribution < 1.29 is 14.3 Å². The predicted molar refractivity (Wildman–Crippen MR) is 116 cm³/mol. The first-order valence-corrected chi connectivity index (χ1v) is 10.4. The Morgan fingerprint density at radius 3 is 2.66 bits per heavy atom. The highest BCUT2D eigenvalue weighted by Gasteiger charge is 2.20. The molecule has 29 heavy (non-hydrogen) atoms. The zero-order chi connectivity index (χ0) is 20.6. The number of hydrogen-bond donors (Lipinski definition) is 1. The number of nitrogens with zero attached hydrogens (tertiary/aromatic N) is 2. The molecular weight excluding hydrogens is 366 g/mol. The molecule has 2 aromatic rings. The van der Waals surface area contributed by atoms with E-state index in [1.54, 1.807) is 4.90 Å². The number of carbonyl (C=O) groups is 2. The first kappa shape index (κ1) is 21.1. The molecular formula is C23H31N3O3. The Labute approximate surface area is 172 Å². The fourth-order valence-corrected chi connectivity index (χ4v) is 3.51. The lowest BCUT2D eigenvalue weighted by Crippen LogP contribution is -2.36. The van der Waals surface area contributed by atoms with E-state index in [2.05, 4.69) is 10.2 Å². The third-order valence-corrected chi connectivity index (χ3v) is 5.11. The number of hydrogen-bond acceptors (Lipinski definition) is 4. The standard InChI is InChI=1S/C23H31N3O3/c1-18(2)17-29-23(28)26-13-6-12-25(15-16-26)14-11-22(27)24-21-10-5-8-19-7-3-4-9-20(19)21/h3-5,7-10,18H,6,11-17H2,1-2H3,(H,24,27). The molecule has 1 fully saturated rings. The van der Waals surface area contributed by atoms with Crippen LogP contribution in [0.4, 0.5) is 10.5 Å². The van der Waals surface area contributed by atoms with E-state index in [9.17, 15) is 9.59 Å². The van der Waals surface area contributed by atoms with E-state index in [1.165, 1.54) is 0 Å². The summed E-state index contributed by atoms with van der Waals surface area (Å²) in [5.41, 5.74) is 0.850. The maximum absolute atomic E-state index is 12.5. The molecule has 3 rings (SSSR count). The highest BCUT2D eigenvalue weighted by atomic mass is 16.6. The van der Waals surface area contributed by atoms with Crippen molar-refractivity contribution in [2.45, 2.75) is 26.7 Å². The minimum absolute atomic E-state index is 0.0128. The number of carbonyl (C=O) groups excluding carboxylic acids is 2. The van der Waals surface area contributed by atoms with Crippen molar-refractivity contribution in [3.8, 4) is 0 Å². The van der Waals surface area contributed by atoms with Crippen LogP contribution in [0.15, 0.2) is 42.5 Å². The first-order valence-electron chi connectivity index (χ1n) is 10.4. The smallest absolute Gasteiger partial charge is 0.409 e. The molecule has 0 radical (unpaired) electrons. The van der Waals surface area contributed by atoms with Gasteiger partial charge in [-0.25, -0.2) is 4.79 Å². The molecule has 1 aliphatic rings. The molecule has 0 atom stereocenters. The molecule has 0 aliphatic carbocycles. The lowest BCUT2D eigenvalue weighted by Gasteiger charge is -2.22. The molecule has 0 saturated carbocycles. The third kappa shape index (κ3) is 6.19. The first-order chi connectivity index (χ1) is 14.0. The average Bonchev–Trinajstić information content (AvgIpc) is 2.96. The number of nitrogens with one attached hydrogen (secondary N) is 1. The summed E-state index contributed by atoms with van der Waals surface area (Å²) in [6.45, 7) is 8.19. The average molecular weight is 398 g/mol. The van der Waals surface area contributed by atoms with Gasteiger partial charge in [0.1, 0.15) is 0 Å². The molecule has 156 valence electrons. The van der Waals surface area contributed by atoms with Gasteiger partial charge in [0.2, 0.25) is 5.91 Å². The molecule has 0 aromatic heterocycles. The second kappa shape index (κ2) is 10.3. The molecule has 0 unspecified atom stereocenters. The number of benzene rings is 2. The van der Waals surface area contributed by atoms with Crippen molar-refractivity contribution in [1.82, 2.24) is 9.80 Å². The molecule has 1 saturated heterocycles. The Balaban J connectivity index is 1.46. The minimum atomic E-state index is -0.228. The summed E-state index contributed by atoms with van der Waals surface area (Å²) in [5.74, 6) is 0.349. The van der Waals surface area contributed by atoms with E-state index in [1.807, 2.05) is 56.3 Å². The summed E-state index contributed by atoms with van der Waals surface area (Å²) in [4.78, 5) is 28.7. The van der Waals surface area contributed by atoms with Crippen LogP contribution in [0.2, 0.25) is 0 Å². The van der Waals surface area contributed by atoms with E-state index in [-0.39, 0.29) is 12.0 Å². The Bertz CT molecular complexity index is 832. The van der Waals surface area contributed by atoms with Gasteiger partial charge in [0, 0.05) is 43.7 Å². The number of ether oxygens (including phenoxy) is 1. The van der Waals surface area contributed by atoms with E-state index in [0.29, 0.717) is 38.6 Å². The fourth-order valence-electron chi connectivity index (χ4n) is 3.51. The van der Waals surface area contributed by atoms with Crippen LogP contribution < -0.4 is 5.32 Å². The predicted octanol–water partition coefficient (Wildman–Crippen LogP) is 3.97. The van der Waals surface area contributed by atoms with Gasteiger partial charge in [-0.1, -0.05) is 50.2 Å². The number of anilines is 1. The van der Waals surface area contributed by atoms with E-state index >= 15 is 0 Å². The van der Waals surface area contributed by atoms with Crippen molar-refractivity contribution in [1.29, 1.82) is 0 Å². The van der Waals surface area contributed by atoms with Crippen LogP contribution in [0, 0.1) is 5.92 Å². The Hall–Kier alpha value is -2.60. The lowest BCUT2D eigenvalue weighted by molar-refractivity contribution is -0.116. The highest BCUT2D eigenvalue weighted by molar-refractivity contribution is 6.02. The van der Waals surface area contributed by atoms with Gasteiger partial charge in [-0.3, -0.25) is 4.79 Å². The lowest BCUT2D eigenvalue weighted by atomic mass is 10.1. The summed E-state index contributed by atoms with van der Waals surface area (Å²) < 4.78 is 5.34. The summed E-state index contributed by atoms with van der Waals surface area (Å²) in [6, 6.07) is 14.0. The van der Waals surface area contributed by atoms with Gasteiger partial charge in [-0.15, -0.1) is 0 Å². The molecule has 2 aromatic carbocycles. The number of rotatable bonds is 6. The van der Waals surface area contributed by atoms with Gasteiger partial charge in [0.25, 0.3) is 0 Å². The number of amides is 2. The van der Waals surface area contributed by atoms with Crippen molar-refractivity contribution in [2.75, 3.05) is 44.6 Å². The second-order valence-electron chi connectivity index (χ2n) is 7.98. The Kier molecular flexibility index (Phi) is 7.47. The van der Waals surface area contributed by atoms with Gasteiger partial charge >= 0.3 is 6.09 Å². The van der Waals surface area contributed by atoms with Crippen LogP contribution in [0.3, 0.4) is 0 Å². The van der Waals surface area contributed by atoms with Gasteiger partial charge in [0.15, 0.2) is 0 Å². The van der Waals surface area contributed by atoms with E-state index in [0.717, 1.165) is 36.0 Å². The largest absolute Gasteiger partial charge is 0.449 e. The van der Waals surface area contributed by atoms with Crippen LogP contribution in [-0.4, -0.2) is 61.1 Å². The molecule has 1 heterocycles. The molecule has 2 amide bonds. The molecule has 1 N–H and O–H groups in total. The zero-order valence-electron chi connectivity index (χ0n) is 17.4. The van der Waals surface area contributed by atoms with Crippen molar-refractivity contribution in [2.24, 2.45) is 5.92 Å². The SMILES string of the molecule is CC(C)COC(=O)N1CCCN(CCC(=O)Nc2cccc3ccccc23)CC1. The summed E-state index contributed by atoms with van der Waals surface area (Å²) in [7, 11) is 0. The molecule has 6 heteroatoms. The maximum Gasteiger partial charge on any atom is 0.409 e. The van der Waals surface area contributed by atoms with Crippen molar-refractivity contribution in [3.05, 3.63) is 42.5 Å². The second-order valence-corrected chi connectivity index (χ2v) is 7.98. The molecule has 1 aliphatic heterocycles. The molecule has 0 spiro atoms. The normalized spacial score (nSPS) is 15.3. The van der Waals surface area contributed by atoms with Gasteiger partial charge < -0.3 is 19.9 Å². The Morgan fingerprint density at radius 1 is 1.03 bits per heavy atom. The monoisotopic (exact) mass is 397 g/mol. The quantitative estimate of drug-likeness (QED) is 0.801. The van der Waals surface area contributed by atoms with Crippen molar-refractivity contribution >= 4 is 28.5 Å². The fraction of sp³-hybridized carbons (Fsp3) is 0.478. The van der Waals surface area contributed by atoms with Gasteiger partial charge in [-0.05, 0) is 30.3 Å². The van der Waals surface area contributed by atoms with Crippen molar-refractivity contribution in [3.63, 3.8) is 0 Å². The third-order valence-electron chi connectivity index (χ3n) is 5.11. The van der Waals surface area contributed by atoms with Crippen LogP contribution in [0.5, 0.6) is 0 Å². The van der Waals surface area contributed by atoms with E-state index in [4.69, 9.17) is 4.74 Å². The van der Waals surface area contributed by atoms with Crippen LogP contribution in [-0.2, 0) is 9.53 Å². The highest BCUT2D eigenvalue weighted by Crippen LogP contribution is 2.23. The minimum Gasteiger partial charge on any atom is -0.449 e. The summed E-state index contributed by atoms with van der Waals surface area (Å²) in [6.07, 6.45) is 1.09. The van der Waals surface area contributed by atoms with Crippen LogP contribution >= 0.6 is 0 Å². The summed E-state index contributed by atoms with van der Waals surface area (Å²) in [5, 5.41) is 5.21. The maximum atomic E-state index is 12.5. The van der Waals surface area contributed by atoms with E-state index < -0.39 is 0 Å². The molecule has 6 nitrogen and oxygen atoms in total.